The molecule has 2 N–H and O–H groups in total. The number of hydrogen-bond donors (Lipinski definition) is 1. The van der Waals surface area contributed by atoms with Crippen molar-refractivity contribution in [3.05, 3.63) is 69.2 Å². The predicted molar refractivity (Wildman–Crippen MR) is 78.3 cm³/mol. The first-order chi connectivity index (χ1) is 8.56. The van der Waals surface area contributed by atoms with Crippen molar-refractivity contribution in [3.63, 3.8) is 0 Å². The van der Waals surface area contributed by atoms with Crippen molar-refractivity contribution in [1.29, 1.82) is 0 Å². The number of hydrogen-bond acceptors (Lipinski definition) is 1. The van der Waals surface area contributed by atoms with Gasteiger partial charge >= 0.3 is 0 Å². The Morgan fingerprint density at radius 3 is 2.39 bits per heavy atom. The summed E-state index contributed by atoms with van der Waals surface area (Å²) in [4.78, 5) is 0. The van der Waals surface area contributed by atoms with Crippen molar-refractivity contribution in [3.8, 4) is 0 Å². The molecule has 2 rings (SSSR count). The van der Waals surface area contributed by atoms with Crippen LogP contribution in [0.2, 0.25) is 10.0 Å². The molecule has 0 saturated heterocycles. The summed E-state index contributed by atoms with van der Waals surface area (Å²) in [6.45, 7) is 2.06. The molecular weight excluding hydrogens is 265 g/mol. The van der Waals surface area contributed by atoms with E-state index in [9.17, 15) is 0 Å². The summed E-state index contributed by atoms with van der Waals surface area (Å²) >= 11 is 12.1. The van der Waals surface area contributed by atoms with E-state index in [-0.39, 0.29) is 6.04 Å². The van der Waals surface area contributed by atoms with Crippen LogP contribution in [0.15, 0.2) is 42.5 Å². The van der Waals surface area contributed by atoms with E-state index in [2.05, 4.69) is 31.2 Å². The maximum atomic E-state index is 6.19. The largest absolute Gasteiger partial charge is 0.324 e. The highest BCUT2D eigenvalue weighted by atomic mass is 35.5. The third-order valence-corrected chi connectivity index (χ3v) is 3.56. The van der Waals surface area contributed by atoms with Gasteiger partial charge < -0.3 is 5.73 Å². The Balaban J connectivity index is 2.18. The van der Waals surface area contributed by atoms with Crippen LogP contribution in [0.25, 0.3) is 0 Å². The zero-order valence-corrected chi connectivity index (χ0v) is 11.7. The molecule has 0 aliphatic heterocycles. The highest BCUT2D eigenvalue weighted by Crippen LogP contribution is 2.25. The highest BCUT2D eigenvalue weighted by Gasteiger charge is 2.10. The first kappa shape index (κ1) is 13.4. The molecule has 94 valence electrons. The average molecular weight is 280 g/mol. The number of benzene rings is 2. The van der Waals surface area contributed by atoms with Crippen LogP contribution in [0, 0.1) is 6.92 Å². The van der Waals surface area contributed by atoms with E-state index in [4.69, 9.17) is 28.9 Å². The molecule has 3 heteroatoms. The van der Waals surface area contributed by atoms with Crippen LogP contribution >= 0.6 is 23.2 Å². The second-order valence-electron chi connectivity index (χ2n) is 4.46. The van der Waals surface area contributed by atoms with Gasteiger partial charge in [0.05, 0.1) is 0 Å². The molecule has 1 nitrogen and oxygen atoms in total. The van der Waals surface area contributed by atoms with Crippen LogP contribution in [-0.2, 0) is 6.42 Å². The van der Waals surface area contributed by atoms with Gasteiger partial charge in [-0.3, -0.25) is 0 Å². The number of halogens is 2. The van der Waals surface area contributed by atoms with Crippen LogP contribution in [0.3, 0.4) is 0 Å². The minimum atomic E-state index is -0.0680. The Hall–Kier alpha value is -1.02. The van der Waals surface area contributed by atoms with E-state index in [1.165, 1.54) is 5.56 Å². The maximum Gasteiger partial charge on any atom is 0.0439 e. The van der Waals surface area contributed by atoms with E-state index in [0.29, 0.717) is 16.5 Å². The number of aryl methyl sites for hydroxylation is 1. The summed E-state index contributed by atoms with van der Waals surface area (Å²) in [6, 6.07) is 13.6. The zero-order valence-electron chi connectivity index (χ0n) is 10.2. The minimum absolute atomic E-state index is 0.0680. The summed E-state index contributed by atoms with van der Waals surface area (Å²) in [5.74, 6) is 0. The summed E-state index contributed by atoms with van der Waals surface area (Å²) in [7, 11) is 0. The van der Waals surface area contributed by atoms with E-state index < -0.39 is 0 Å². The van der Waals surface area contributed by atoms with Crippen LogP contribution in [0.4, 0.5) is 0 Å². The fourth-order valence-electron chi connectivity index (χ4n) is 1.87. The molecule has 0 bridgehead atoms. The van der Waals surface area contributed by atoms with Gasteiger partial charge in [0.2, 0.25) is 0 Å². The third-order valence-electron chi connectivity index (χ3n) is 2.95. The molecule has 1 unspecified atom stereocenters. The summed E-state index contributed by atoms with van der Waals surface area (Å²) in [6.07, 6.45) is 0.683. The van der Waals surface area contributed by atoms with Crippen molar-refractivity contribution >= 4 is 23.2 Å². The fourth-order valence-corrected chi connectivity index (χ4v) is 2.26. The van der Waals surface area contributed by atoms with E-state index >= 15 is 0 Å². The molecule has 0 saturated carbocycles. The van der Waals surface area contributed by atoms with E-state index in [1.807, 2.05) is 6.07 Å². The monoisotopic (exact) mass is 279 g/mol. The van der Waals surface area contributed by atoms with Crippen LogP contribution in [-0.4, -0.2) is 0 Å². The molecule has 0 heterocycles. The zero-order chi connectivity index (χ0) is 13.1. The van der Waals surface area contributed by atoms with Crippen molar-refractivity contribution in [2.24, 2.45) is 5.73 Å². The molecule has 2 aromatic rings. The normalized spacial score (nSPS) is 12.4. The topological polar surface area (TPSA) is 26.0 Å². The average Bonchev–Trinajstić information content (AvgIpc) is 2.34. The summed E-state index contributed by atoms with van der Waals surface area (Å²) in [5, 5.41) is 1.40. The van der Waals surface area contributed by atoms with Crippen LogP contribution in [0.1, 0.15) is 22.7 Å². The molecule has 18 heavy (non-hydrogen) atoms. The standard InChI is InChI=1S/C15H15Cl2N/c1-10-2-4-11(5-3-10)15(18)9-12-8-13(16)6-7-14(12)17/h2-8,15H,9,18H2,1H3. The maximum absolute atomic E-state index is 6.19. The van der Waals surface area contributed by atoms with Gasteiger partial charge in [-0.15, -0.1) is 0 Å². The van der Waals surface area contributed by atoms with Gasteiger partial charge in [0.15, 0.2) is 0 Å². The molecule has 2 aromatic carbocycles. The Labute approximate surface area is 118 Å². The van der Waals surface area contributed by atoms with Crippen molar-refractivity contribution < 1.29 is 0 Å². The summed E-state index contributed by atoms with van der Waals surface area (Å²) in [5.41, 5.74) is 9.51. The lowest BCUT2D eigenvalue weighted by Crippen LogP contribution is -2.13. The van der Waals surface area contributed by atoms with Gasteiger partial charge in [-0.2, -0.15) is 0 Å². The molecule has 0 radical (unpaired) electrons. The van der Waals surface area contributed by atoms with Crippen molar-refractivity contribution in [1.82, 2.24) is 0 Å². The Morgan fingerprint density at radius 2 is 1.72 bits per heavy atom. The van der Waals surface area contributed by atoms with E-state index in [0.717, 1.165) is 11.1 Å². The van der Waals surface area contributed by atoms with Crippen molar-refractivity contribution in [2.45, 2.75) is 19.4 Å². The lowest BCUT2D eigenvalue weighted by atomic mass is 9.99. The van der Waals surface area contributed by atoms with Gasteiger partial charge in [-0.05, 0) is 42.7 Å². The molecule has 0 aliphatic rings. The fraction of sp³-hybridized carbons (Fsp3) is 0.200. The number of rotatable bonds is 3. The van der Waals surface area contributed by atoms with Gasteiger partial charge in [0.1, 0.15) is 0 Å². The summed E-state index contributed by atoms with van der Waals surface area (Å²) < 4.78 is 0. The van der Waals surface area contributed by atoms with Gasteiger partial charge in [-0.1, -0.05) is 53.0 Å². The molecule has 0 spiro atoms. The second-order valence-corrected chi connectivity index (χ2v) is 5.30. The van der Waals surface area contributed by atoms with Gasteiger partial charge in [-0.25, -0.2) is 0 Å². The Bertz CT molecular complexity index is 535. The molecule has 0 fully saturated rings. The smallest absolute Gasteiger partial charge is 0.0439 e. The second kappa shape index (κ2) is 5.75. The lowest BCUT2D eigenvalue weighted by Gasteiger charge is -2.13. The lowest BCUT2D eigenvalue weighted by molar-refractivity contribution is 0.722. The van der Waals surface area contributed by atoms with Crippen LogP contribution in [0.5, 0.6) is 0 Å². The Morgan fingerprint density at radius 1 is 1.06 bits per heavy atom. The van der Waals surface area contributed by atoms with Crippen molar-refractivity contribution in [2.75, 3.05) is 0 Å². The SMILES string of the molecule is Cc1ccc(C(N)Cc2cc(Cl)ccc2Cl)cc1. The third kappa shape index (κ3) is 3.26. The van der Waals surface area contributed by atoms with Gasteiger partial charge in [0, 0.05) is 16.1 Å². The number of nitrogens with two attached hydrogens (primary N) is 1. The van der Waals surface area contributed by atoms with E-state index in [1.54, 1.807) is 12.1 Å². The highest BCUT2D eigenvalue weighted by molar-refractivity contribution is 6.33. The minimum Gasteiger partial charge on any atom is -0.324 e. The first-order valence-electron chi connectivity index (χ1n) is 5.82. The molecule has 0 aromatic heterocycles. The van der Waals surface area contributed by atoms with Crippen LogP contribution < -0.4 is 5.73 Å². The predicted octanol–water partition coefficient (Wildman–Crippen LogP) is 4.54. The molecular formula is C15H15Cl2N. The molecule has 1 atom stereocenters. The molecule has 0 amide bonds. The van der Waals surface area contributed by atoms with Gasteiger partial charge in [0.25, 0.3) is 0 Å². The quantitative estimate of drug-likeness (QED) is 0.877. The molecule has 0 aliphatic carbocycles. The Kier molecular flexibility index (Phi) is 4.28. The first-order valence-corrected chi connectivity index (χ1v) is 6.58.